The third-order valence-corrected chi connectivity index (χ3v) is 5.15. The Morgan fingerprint density at radius 1 is 1.00 bits per heavy atom. The quantitative estimate of drug-likeness (QED) is 0.545. The zero-order valence-electron chi connectivity index (χ0n) is 18.0. The standard InChI is InChI=1S/C24H26N4O4/c1-2-31-24(30)23-21(16-28(26-23)20-8-4-3-5-9-20)32-17-22(29)25-18-10-12-19(13-11-18)27-14-6-7-15-27/h3-5,8-13,16H,2,6-7,14-15,17H2,1H3,(H,25,29). The number of esters is 1. The van der Waals surface area contributed by atoms with Crippen molar-refractivity contribution in [1.82, 2.24) is 9.78 Å². The molecule has 0 saturated carbocycles. The molecule has 0 unspecified atom stereocenters. The van der Waals surface area contributed by atoms with Crippen LogP contribution >= 0.6 is 0 Å². The average Bonchev–Trinajstić information content (AvgIpc) is 3.50. The minimum Gasteiger partial charge on any atom is -0.480 e. The predicted octanol–water partition coefficient (Wildman–Crippen LogP) is 3.67. The summed E-state index contributed by atoms with van der Waals surface area (Å²) in [5.41, 5.74) is 2.63. The summed E-state index contributed by atoms with van der Waals surface area (Å²) in [6.07, 6.45) is 3.99. The third kappa shape index (κ3) is 5.08. The number of benzene rings is 2. The van der Waals surface area contributed by atoms with Crippen LogP contribution in [0.1, 0.15) is 30.3 Å². The Kier molecular flexibility index (Phi) is 6.69. The zero-order valence-corrected chi connectivity index (χ0v) is 18.0. The number of carbonyl (C=O) groups is 2. The molecule has 32 heavy (non-hydrogen) atoms. The van der Waals surface area contributed by atoms with Crippen LogP contribution in [0, 0.1) is 0 Å². The molecule has 1 aliphatic rings. The van der Waals surface area contributed by atoms with Gasteiger partial charge in [-0.2, -0.15) is 5.10 Å². The van der Waals surface area contributed by atoms with Gasteiger partial charge in [-0.15, -0.1) is 0 Å². The van der Waals surface area contributed by atoms with Crippen LogP contribution in [0.3, 0.4) is 0 Å². The van der Waals surface area contributed by atoms with Crippen molar-refractivity contribution in [1.29, 1.82) is 0 Å². The van der Waals surface area contributed by atoms with Crippen LogP contribution in [0.4, 0.5) is 11.4 Å². The number of hydrogen-bond donors (Lipinski definition) is 1. The van der Waals surface area contributed by atoms with Crippen molar-refractivity contribution in [3.63, 3.8) is 0 Å². The molecule has 0 radical (unpaired) electrons. The summed E-state index contributed by atoms with van der Waals surface area (Å²) >= 11 is 0. The Bertz CT molecular complexity index is 1060. The monoisotopic (exact) mass is 434 g/mol. The van der Waals surface area contributed by atoms with Crippen LogP contribution in [0.2, 0.25) is 0 Å². The molecule has 8 nitrogen and oxygen atoms in total. The first-order chi connectivity index (χ1) is 15.6. The maximum absolute atomic E-state index is 12.4. The molecule has 1 fully saturated rings. The van der Waals surface area contributed by atoms with E-state index in [2.05, 4.69) is 15.3 Å². The molecule has 1 amide bonds. The van der Waals surface area contributed by atoms with E-state index in [0.29, 0.717) is 5.69 Å². The van der Waals surface area contributed by atoms with Gasteiger partial charge in [-0.05, 0) is 56.2 Å². The van der Waals surface area contributed by atoms with Crippen molar-refractivity contribution >= 4 is 23.3 Å². The van der Waals surface area contributed by atoms with Crippen LogP contribution in [0.5, 0.6) is 5.75 Å². The van der Waals surface area contributed by atoms with Crippen LogP contribution in [0.15, 0.2) is 60.8 Å². The van der Waals surface area contributed by atoms with Crippen LogP contribution in [-0.4, -0.2) is 48.0 Å². The summed E-state index contributed by atoms with van der Waals surface area (Å²) in [6, 6.07) is 17.1. The first kappa shape index (κ1) is 21.4. The molecular formula is C24H26N4O4. The van der Waals surface area contributed by atoms with E-state index in [1.807, 2.05) is 54.6 Å². The number of ether oxygens (including phenoxy) is 2. The number of anilines is 2. The van der Waals surface area contributed by atoms with Gasteiger partial charge in [0.1, 0.15) is 0 Å². The molecule has 0 bridgehead atoms. The fraction of sp³-hybridized carbons (Fsp3) is 0.292. The number of para-hydroxylation sites is 1. The van der Waals surface area contributed by atoms with Gasteiger partial charge in [0.15, 0.2) is 12.4 Å². The van der Waals surface area contributed by atoms with Gasteiger partial charge in [-0.3, -0.25) is 4.79 Å². The van der Waals surface area contributed by atoms with Gasteiger partial charge in [0.2, 0.25) is 5.69 Å². The van der Waals surface area contributed by atoms with Gasteiger partial charge in [-0.1, -0.05) is 18.2 Å². The van der Waals surface area contributed by atoms with Crippen molar-refractivity contribution in [2.75, 3.05) is 36.5 Å². The number of rotatable bonds is 8. The van der Waals surface area contributed by atoms with Crippen LogP contribution in [0.25, 0.3) is 5.69 Å². The van der Waals surface area contributed by atoms with Crippen molar-refractivity contribution in [3.8, 4) is 11.4 Å². The molecule has 1 saturated heterocycles. The van der Waals surface area contributed by atoms with Crippen LogP contribution in [-0.2, 0) is 9.53 Å². The van der Waals surface area contributed by atoms with E-state index in [0.717, 1.165) is 24.5 Å². The van der Waals surface area contributed by atoms with E-state index in [1.165, 1.54) is 17.5 Å². The summed E-state index contributed by atoms with van der Waals surface area (Å²) in [5.74, 6) is -0.747. The highest BCUT2D eigenvalue weighted by Gasteiger charge is 2.21. The van der Waals surface area contributed by atoms with E-state index in [1.54, 1.807) is 13.1 Å². The fourth-order valence-electron chi connectivity index (χ4n) is 3.59. The fourth-order valence-corrected chi connectivity index (χ4v) is 3.59. The third-order valence-electron chi connectivity index (χ3n) is 5.15. The summed E-state index contributed by atoms with van der Waals surface area (Å²) in [5, 5.41) is 7.11. The van der Waals surface area contributed by atoms with E-state index in [-0.39, 0.29) is 30.6 Å². The summed E-state index contributed by atoms with van der Waals surface area (Å²) in [6.45, 7) is 3.80. The van der Waals surface area contributed by atoms with Crippen molar-refractivity contribution in [2.45, 2.75) is 19.8 Å². The Morgan fingerprint density at radius 2 is 1.72 bits per heavy atom. The predicted molar refractivity (Wildman–Crippen MR) is 122 cm³/mol. The lowest BCUT2D eigenvalue weighted by Gasteiger charge is -2.17. The number of hydrogen-bond acceptors (Lipinski definition) is 6. The molecule has 3 aromatic rings. The first-order valence-electron chi connectivity index (χ1n) is 10.7. The van der Waals surface area contributed by atoms with Gasteiger partial charge in [0.25, 0.3) is 5.91 Å². The highest BCUT2D eigenvalue weighted by atomic mass is 16.5. The summed E-state index contributed by atoms with van der Waals surface area (Å²) in [7, 11) is 0. The second-order valence-electron chi connectivity index (χ2n) is 7.42. The lowest BCUT2D eigenvalue weighted by molar-refractivity contribution is -0.118. The Balaban J connectivity index is 1.41. The molecule has 1 aliphatic heterocycles. The molecular weight excluding hydrogens is 408 g/mol. The molecule has 4 rings (SSSR count). The molecule has 2 heterocycles. The lowest BCUT2D eigenvalue weighted by Crippen LogP contribution is -2.21. The molecule has 1 aromatic heterocycles. The van der Waals surface area contributed by atoms with E-state index in [9.17, 15) is 9.59 Å². The molecule has 8 heteroatoms. The maximum atomic E-state index is 12.4. The first-order valence-corrected chi connectivity index (χ1v) is 10.7. The Labute approximate surface area is 186 Å². The minimum atomic E-state index is -0.602. The minimum absolute atomic E-state index is 0.0264. The Morgan fingerprint density at radius 3 is 2.41 bits per heavy atom. The highest BCUT2D eigenvalue weighted by Crippen LogP contribution is 2.23. The van der Waals surface area contributed by atoms with Crippen LogP contribution < -0.4 is 15.0 Å². The SMILES string of the molecule is CCOC(=O)c1nn(-c2ccccc2)cc1OCC(=O)Nc1ccc(N2CCCC2)cc1. The van der Waals surface area contributed by atoms with Gasteiger partial charge in [0.05, 0.1) is 18.5 Å². The Hall–Kier alpha value is -3.81. The second-order valence-corrected chi connectivity index (χ2v) is 7.42. The maximum Gasteiger partial charge on any atom is 0.362 e. The average molecular weight is 434 g/mol. The second kappa shape index (κ2) is 10.00. The number of carbonyl (C=O) groups excluding carboxylic acids is 2. The molecule has 1 N–H and O–H groups in total. The van der Waals surface area contributed by atoms with Gasteiger partial charge in [0, 0.05) is 24.5 Å². The molecule has 2 aromatic carbocycles. The topological polar surface area (TPSA) is 85.7 Å². The number of nitrogens with zero attached hydrogens (tertiary/aromatic N) is 3. The molecule has 0 atom stereocenters. The van der Waals surface area contributed by atoms with Gasteiger partial charge >= 0.3 is 5.97 Å². The number of nitrogens with one attached hydrogen (secondary N) is 1. The summed E-state index contributed by atoms with van der Waals surface area (Å²) < 4.78 is 12.2. The zero-order chi connectivity index (χ0) is 22.3. The van der Waals surface area contributed by atoms with Gasteiger partial charge in [-0.25, -0.2) is 9.48 Å². The van der Waals surface area contributed by atoms with Crippen molar-refractivity contribution in [3.05, 3.63) is 66.5 Å². The van der Waals surface area contributed by atoms with Crippen molar-refractivity contribution in [2.24, 2.45) is 0 Å². The summed E-state index contributed by atoms with van der Waals surface area (Å²) in [4.78, 5) is 27.1. The molecule has 0 aliphatic carbocycles. The molecule has 0 spiro atoms. The van der Waals surface area contributed by atoms with Gasteiger partial charge < -0.3 is 19.7 Å². The van der Waals surface area contributed by atoms with E-state index < -0.39 is 5.97 Å². The van der Waals surface area contributed by atoms with Crippen molar-refractivity contribution < 1.29 is 19.1 Å². The lowest BCUT2D eigenvalue weighted by atomic mass is 10.2. The highest BCUT2D eigenvalue weighted by molar-refractivity contribution is 5.93. The number of aromatic nitrogens is 2. The largest absolute Gasteiger partial charge is 0.480 e. The molecule has 166 valence electrons. The number of amides is 1. The normalized spacial score (nSPS) is 13.1. The smallest absolute Gasteiger partial charge is 0.362 e. The van der Waals surface area contributed by atoms with E-state index in [4.69, 9.17) is 9.47 Å². The van der Waals surface area contributed by atoms with E-state index >= 15 is 0 Å².